The minimum atomic E-state index is 0.102. The van der Waals surface area contributed by atoms with E-state index >= 15 is 0 Å². The van der Waals surface area contributed by atoms with Crippen LogP contribution in [0.3, 0.4) is 0 Å². The SMILES string of the molecule is CC(C)=CCO[C@@H]1COCC[C@H]1NC1CCN(C(=O)c2cccs2)CC1. The molecule has 5 nitrogen and oxygen atoms in total. The van der Waals surface area contributed by atoms with E-state index in [1.165, 1.54) is 16.9 Å². The molecule has 2 aliphatic heterocycles. The Morgan fingerprint density at radius 2 is 2.19 bits per heavy atom. The van der Waals surface area contributed by atoms with Crippen molar-refractivity contribution in [1.29, 1.82) is 0 Å². The van der Waals surface area contributed by atoms with Gasteiger partial charge in [-0.15, -0.1) is 11.3 Å². The largest absolute Gasteiger partial charge is 0.379 e. The highest BCUT2D eigenvalue weighted by Crippen LogP contribution is 2.19. The van der Waals surface area contributed by atoms with E-state index in [1.54, 1.807) is 0 Å². The Labute approximate surface area is 160 Å². The van der Waals surface area contributed by atoms with Gasteiger partial charge in [0, 0.05) is 31.8 Å². The van der Waals surface area contributed by atoms with Crippen LogP contribution in [0.5, 0.6) is 0 Å². The van der Waals surface area contributed by atoms with Gasteiger partial charge < -0.3 is 19.7 Å². The third-order valence-electron chi connectivity index (χ3n) is 5.07. The maximum atomic E-state index is 12.5. The fourth-order valence-corrected chi connectivity index (χ4v) is 4.20. The number of carbonyl (C=O) groups is 1. The molecule has 2 atom stereocenters. The molecule has 0 saturated carbocycles. The van der Waals surface area contributed by atoms with Crippen LogP contribution in [0.25, 0.3) is 0 Å². The van der Waals surface area contributed by atoms with Gasteiger partial charge in [-0.25, -0.2) is 0 Å². The summed E-state index contributed by atoms with van der Waals surface area (Å²) in [6.45, 7) is 7.90. The number of piperidine rings is 1. The normalized spacial score (nSPS) is 24.5. The lowest BCUT2D eigenvalue weighted by Gasteiger charge is -2.38. The van der Waals surface area contributed by atoms with Crippen LogP contribution in [0.1, 0.15) is 42.8 Å². The fraction of sp³-hybridized carbons (Fsp3) is 0.650. The maximum Gasteiger partial charge on any atom is 0.263 e. The first-order valence-electron chi connectivity index (χ1n) is 9.55. The van der Waals surface area contributed by atoms with Gasteiger partial charge in [0.1, 0.15) is 0 Å². The summed E-state index contributed by atoms with van der Waals surface area (Å²) in [5, 5.41) is 5.74. The van der Waals surface area contributed by atoms with E-state index in [-0.39, 0.29) is 12.0 Å². The third-order valence-corrected chi connectivity index (χ3v) is 5.93. The van der Waals surface area contributed by atoms with Crippen LogP contribution >= 0.6 is 11.3 Å². The van der Waals surface area contributed by atoms with Gasteiger partial charge in [0.05, 0.1) is 24.2 Å². The van der Waals surface area contributed by atoms with E-state index < -0.39 is 0 Å². The van der Waals surface area contributed by atoms with Gasteiger partial charge in [-0.2, -0.15) is 0 Å². The van der Waals surface area contributed by atoms with Crippen molar-refractivity contribution in [2.45, 2.75) is 51.3 Å². The minimum absolute atomic E-state index is 0.102. The fourth-order valence-electron chi connectivity index (χ4n) is 3.51. The Balaban J connectivity index is 1.46. The van der Waals surface area contributed by atoms with Crippen molar-refractivity contribution in [2.24, 2.45) is 0 Å². The van der Waals surface area contributed by atoms with Gasteiger partial charge in [-0.3, -0.25) is 4.79 Å². The Kier molecular flexibility index (Phi) is 7.25. The lowest BCUT2D eigenvalue weighted by atomic mass is 9.99. The van der Waals surface area contributed by atoms with Gasteiger partial charge in [0.2, 0.25) is 0 Å². The monoisotopic (exact) mass is 378 g/mol. The molecule has 0 aromatic carbocycles. The van der Waals surface area contributed by atoms with Gasteiger partial charge >= 0.3 is 0 Å². The summed E-state index contributed by atoms with van der Waals surface area (Å²) in [5.74, 6) is 0.174. The molecule has 3 heterocycles. The number of nitrogens with one attached hydrogen (secondary N) is 1. The summed E-state index contributed by atoms with van der Waals surface area (Å²) in [6.07, 6.45) is 5.18. The second-order valence-corrected chi connectivity index (χ2v) is 8.28. The Morgan fingerprint density at radius 3 is 2.88 bits per heavy atom. The molecule has 0 aliphatic carbocycles. The van der Waals surface area contributed by atoms with Gasteiger partial charge in [-0.1, -0.05) is 17.7 Å². The number of hydrogen-bond acceptors (Lipinski definition) is 5. The molecule has 144 valence electrons. The molecule has 6 heteroatoms. The van der Waals surface area contributed by atoms with Crippen molar-refractivity contribution >= 4 is 17.2 Å². The highest BCUT2D eigenvalue weighted by atomic mass is 32.1. The standard InChI is InChI=1S/C20H30N2O3S/c1-15(2)7-12-25-18-14-24-11-8-17(18)21-16-5-9-22(10-6-16)20(23)19-4-3-13-26-19/h3-4,7,13,16-18,21H,5-6,8-12,14H2,1-2H3/t17-,18-/m1/s1. The molecule has 1 aromatic heterocycles. The van der Waals surface area contributed by atoms with Crippen LogP contribution in [-0.4, -0.2) is 61.9 Å². The zero-order valence-electron chi connectivity index (χ0n) is 15.8. The number of nitrogens with zero attached hydrogens (tertiary/aromatic N) is 1. The Morgan fingerprint density at radius 1 is 1.38 bits per heavy atom. The summed E-state index contributed by atoms with van der Waals surface area (Å²) in [4.78, 5) is 15.3. The minimum Gasteiger partial charge on any atom is -0.379 e. The zero-order valence-corrected chi connectivity index (χ0v) is 16.6. The van der Waals surface area contributed by atoms with E-state index in [9.17, 15) is 4.79 Å². The summed E-state index contributed by atoms with van der Waals surface area (Å²) >= 11 is 1.52. The van der Waals surface area contributed by atoms with Crippen molar-refractivity contribution in [3.05, 3.63) is 34.0 Å². The third kappa shape index (κ3) is 5.39. The molecular formula is C20H30N2O3S. The van der Waals surface area contributed by atoms with E-state index in [4.69, 9.17) is 9.47 Å². The van der Waals surface area contributed by atoms with E-state index in [0.29, 0.717) is 25.3 Å². The maximum absolute atomic E-state index is 12.5. The summed E-state index contributed by atoms with van der Waals surface area (Å²) < 4.78 is 11.6. The summed E-state index contributed by atoms with van der Waals surface area (Å²) in [7, 11) is 0. The van der Waals surface area contributed by atoms with Gasteiger partial charge in [-0.05, 0) is 44.6 Å². The zero-order chi connectivity index (χ0) is 18.4. The highest BCUT2D eigenvalue weighted by molar-refractivity contribution is 7.12. The number of allylic oxidation sites excluding steroid dienone is 1. The molecule has 1 amide bonds. The number of carbonyl (C=O) groups excluding carboxylic acids is 1. The van der Waals surface area contributed by atoms with Crippen LogP contribution in [0.15, 0.2) is 29.2 Å². The van der Waals surface area contributed by atoms with Gasteiger partial charge in [0.25, 0.3) is 5.91 Å². The van der Waals surface area contributed by atoms with Crippen LogP contribution in [0.4, 0.5) is 0 Å². The molecule has 2 saturated heterocycles. The lowest BCUT2D eigenvalue weighted by Crippen LogP contribution is -2.54. The van der Waals surface area contributed by atoms with E-state index in [0.717, 1.165) is 43.8 Å². The topological polar surface area (TPSA) is 50.8 Å². The molecule has 26 heavy (non-hydrogen) atoms. The number of ether oxygens (including phenoxy) is 2. The van der Waals surface area contributed by atoms with Crippen molar-refractivity contribution < 1.29 is 14.3 Å². The van der Waals surface area contributed by atoms with Crippen molar-refractivity contribution in [1.82, 2.24) is 10.2 Å². The highest BCUT2D eigenvalue weighted by Gasteiger charge is 2.30. The van der Waals surface area contributed by atoms with Crippen molar-refractivity contribution in [3.63, 3.8) is 0 Å². The van der Waals surface area contributed by atoms with Crippen LogP contribution in [-0.2, 0) is 9.47 Å². The second-order valence-electron chi connectivity index (χ2n) is 7.33. The Hall–Kier alpha value is -1.21. The molecule has 0 radical (unpaired) electrons. The molecule has 1 aromatic rings. The van der Waals surface area contributed by atoms with Crippen LogP contribution in [0.2, 0.25) is 0 Å². The molecular weight excluding hydrogens is 348 g/mol. The average molecular weight is 379 g/mol. The predicted molar refractivity (Wildman–Crippen MR) is 105 cm³/mol. The number of thiophene rings is 1. The molecule has 0 spiro atoms. The number of likely N-dealkylation sites (tertiary alicyclic amines) is 1. The van der Waals surface area contributed by atoms with Gasteiger partial charge in [0.15, 0.2) is 0 Å². The first-order chi connectivity index (χ1) is 12.6. The number of rotatable bonds is 6. The average Bonchev–Trinajstić information content (AvgIpc) is 3.18. The van der Waals surface area contributed by atoms with E-state index in [2.05, 4.69) is 25.2 Å². The first-order valence-corrected chi connectivity index (χ1v) is 10.4. The summed E-state index contributed by atoms with van der Waals surface area (Å²) in [6, 6.07) is 4.62. The van der Waals surface area contributed by atoms with Crippen LogP contribution < -0.4 is 5.32 Å². The second kappa shape index (κ2) is 9.65. The van der Waals surface area contributed by atoms with Crippen molar-refractivity contribution in [3.8, 4) is 0 Å². The summed E-state index contributed by atoms with van der Waals surface area (Å²) in [5.41, 5.74) is 1.27. The Bertz CT molecular complexity index is 590. The smallest absolute Gasteiger partial charge is 0.263 e. The molecule has 2 aliphatic rings. The molecule has 0 unspecified atom stereocenters. The quantitative estimate of drug-likeness (QED) is 0.773. The van der Waals surface area contributed by atoms with Crippen molar-refractivity contribution in [2.75, 3.05) is 32.9 Å². The number of amides is 1. The first kappa shape index (κ1) is 19.5. The van der Waals surface area contributed by atoms with E-state index in [1.807, 2.05) is 22.4 Å². The molecule has 3 rings (SSSR count). The molecule has 2 fully saturated rings. The lowest BCUT2D eigenvalue weighted by molar-refractivity contribution is -0.0641. The molecule has 1 N–H and O–H groups in total. The van der Waals surface area contributed by atoms with Crippen LogP contribution in [0, 0.1) is 0 Å². The number of hydrogen-bond donors (Lipinski definition) is 1. The molecule has 0 bridgehead atoms. The predicted octanol–water partition coefficient (Wildman–Crippen LogP) is 3.08.